The van der Waals surface area contributed by atoms with Crippen LogP contribution in [0.1, 0.15) is 32.5 Å². The molecule has 0 saturated heterocycles. The summed E-state index contributed by atoms with van der Waals surface area (Å²) in [6, 6.07) is 0.196. The van der Waals surface area contributed by atoms with Gasteiger partial charge in [0.1, 0.15) is 5.82 Å². The van der Waals surface area contributed by atoms with E-state index in [1.807, 2.05) is 12.4 Å². The van der Waals surface area contributed by atoms with Crippen LogP contribution in [0.3, 0.4) is 0 Å². The molecule has 1 aromatic heterocycles. The smallest absolute Gasteiger partial charge is 0.108 e. The Kier molecular flexibility index (Phi) is 6.11. The van der Waals surface area contributed by atoms with E-state index in [4.69, 9.17) is 0 Å². The van der Waals surface area contributed by atoms with Crippen LogP contribution in [-0.2, 0) is 13.0 Å². The third-order valence-corrected chi connectivity index (χ3v) is 2.71. The Labute approximate surface area is 97.7 Å². The van der Waals surface area contributed by atoms with Gasteiger partial charge in [0.15, 0.2) is 0 Å². The Balaban J connectivity index is 2.43. The summed E-state index contributed by atoms with van der Waals surface area (Å²) in [5.74, 6) is 1.15. The average molecular weight is 225 g/mol. The fraction of sp³-hybridized carbons (Fsp3) is 0.750. The topological polar surface area (TPSA) is 50.1 Å². The first-order valence-corrected chi connectivity index (χ1v) is 6.16. The first kappa shape index (κ1) is 13.2. The highest BCUT2D eigenvalue weighted by Gasteiger charge is 2.07. The molecule has 1 atom stereocenters. The minimum atomic E-state index is 0.196. The summed E-state index contributed by atoms with van der Waals surface area (Å²) in [6.45, 7) is 6.24. The van der Waals surface area contributed by atoms with Gasteiger partial charge in [-0.25, -0.2) is 4.98 Å². The highest BCUT2D eigenvalue weighted by atomic mass is 16.3. The van der Waals surface area contributed by atoms with Crippen molar-refractivity contribution in [3.8, 4) is 0 Å². The molecular formula is C12H23N3O. The van der Waals surface area contributed by atoms with Gasteiger partial charge in [-0.15, -0.1) is 0 Å². The summed E-state index contributed by atoms with van der Waals surface area (Å²) >= 11 is 0. The molecular weight excluding hydrogens is 202 g/mol. The lowest BCUT2D eigenvalue weighted by Crippen LogP contribution is -2.33. The first-order chi connectivity index (χ1) is 7.81. The molecule has 0 aliphatic rings. The van der Waals surface area contributed by atoms with Gasteiger partial charge in [0, 0.05) is 31.4 Å². The zero-order chi connectivity index (χ0) is 11.8. The molecule has 0 amide bonds. The van der Waals surface area contributed by atoms with E-state index in [-0.39, 0.29) is 12.6 Å². The largest absolute Gasteiger partial charge is 0.395 e. The SMILES string of the molecule is CCCc1nccn1CCC(CO)NCC. The van der Waals surface area contributed by atoms with E-state index >= 15 is 0 Å². The summed E-state index contributed by atoms with van der Waals surface area (Å²) in [6.07, 6.45) is 6.96. The van der Waals surface area contributed by atoms with E-state index in [1.165, 1.54) is 0 Å². The number of nitrogens with zero attached hydrogens (tertiary/aromatic N) is 2. The maximum absolute atomic E-state index is 9.17. The molecule has 0 saturated carbocycles. The van der Waals surface area contributed by atoms with Gasteiger partial charge in [-0.1, -0.05) is 13.8 Å². The van der Waals surface area contributed by atoms with Crippen LogP contribution in [0.4, 0.5) is 0 Å². The van der Waals surface area contributed by atoms with E-state index in [2.05, 4.69) is 28.7 Å². The van der Waals surface area contributed by atoms with Crippen molar-refractivity contribution in [1.82, 2.24) is 14.9 Å². The minimum absolute atomic E-state index is 0.196. The van der Waals surface area contributed by atoms with Crippen LogP contribution in [0.15, 0.2) is 12.4 Å². The van der Waals surface area contributed by atoms with Crippen molar-refractivity contribution >= 4 is 0 Å². The Morgan fingerprint density at radius 1 is 1.50 bits per heavy atom. The van der Waals surface area contributed by atoms with Gasteiger partial charge in [-0.05, 0) is 19.4 Å². The van der Waals surface area contributed by atoms with Crippen molar-refractivity contribution in [2.24, 2.45) is 0 Å². The zero-order valence-corrected chi connectivity index (χ0v) is 10.3. The summed E-state index contributed by atoms with van der Waals surface area (Å²) in [4.78, 5) is 4.34. The molecule has 0 aliphatic carbocycles. The molecule has 1 heterocycles. The Hall–Kier alpha value is -0.870. The number of aryl methyl sites for hydroxylation is 2. The Bertz CT molecular complexity index is 286. The molecule has 4 nitrogen and oxygen atoms in total. The van der Waals surface area contributed by atoms with Gasteiger partial charge < -0.3 is 15.0 Å². The van der Waals surface area contributed by atoms with E-state index < -0.39 is 0 Å². The van der Waals surface area contributed by atoms with Crippen LogP contribution in [0.5, 0.6) is 0 Å². The van der Waals surface area contributed by atoms with Crippen molar-refractivity contribution < 1.29 is 5.11 Å². The minimum Gasteiger partial charge on any atom is -0.395 e. The molecule has 92 valence electrons. The van der Waals surface area contributed by atoms with Gasteiger partial charge in [0.25, 0.3) is 0 Å². The van der Waals surface area contributed by atoms with Crippen molar-refractivity contribution in [2.45, 2.75) is 45.7 Å². The number of hydrogen-bond donors (Lipinski definition) is 2. The van der Waals surface area contributed by atoms with Crippen molar-refractivity contribution in [1.29, 1.82) is 0 Å². The van der Waals surface area contributed by atoms with E-state index in [0.717, 1.165) is 38.2 Å². The predicted octanol–water partition coefficient (Wildman–Crippen LogP) is 1.20. The molecule has 1 aromatic rings. The highest BCUT2D eigenvalue weighted by molar-refractivity contribution is 4.92. The number of aliphatic hydroxyl groups is 1. The number of nitrogens with one attached hydrogen (secondary N) is 1. The average Bonchev–Trinajstić information content (AvgIpc) is 2.72. The molecule has 1 rings (SSSR count). The lowest BCUT2D eigenvalue weighted by atomic mass is 10.2. The molecule has 0 radical (unpaired) electrons. The third-order valence-electron chi connectivity index (χ3n) is 2.71. The van der Waals surface area contributed by atoms with E-state index in [0.29, 0.717) is 0 Å². The molecule has 0 bridgehead atoms. The van der Waals surface area contributed by atoms with E-state index in [9.17, 15) is 5.11 Å². The zero-order valence-electron chi connectivity index (χ0n) is 10.3. The van der Waals surface area contributed by atoms with Crippen LogP contribution in [0.25, 0.3) is 0 Å². The normalized spacial score (nSPS) is 12.9. The van der Waals surface area contributed by atoms with Crippen LogP contribution < -0.4 is 5.32 Å². The second-order valence-corrected chi connectivity index (χ2v) is 4.01. The number of hydrogen-bond acceptors (Lipinski definition) is 3. The monoisotopic (exact) mass is 225 g/mol. The first-order valence-electron chi connectivity index (χ1n) is 6.16. The number of aliphatic hydroxyl groups excluding tert-OH is 1. The number of likely N-dealkylation sites (N-methyl/N-ethyl adjacent to an activating group) is 1. The van der Waals surface area contributed by atoms with Gasteiger partial charge in [0.05, 0.1) is 6.61 Å². The molecule has 0 aliphatic heterocycles. The summed E-state index contributed by atoms with van der Waals surface area (Å²) in [5.41, 5.74) is 0. The highest BCUT2D eigenvalue weighted by Crippen LogP contribution is 2.04. The van der Waals surface area contributed by atoms with Crippen LogP contribution in [0, 0.1) is 0 Å². The second kappa shape index (κ2) is 7.41. The number of rotatable bonds is 8. The lowest BCUT2D eigenvalue weighted by Gasteiger charge is -2.16. The van der Waals surface area contributed by atoms with Crippen molar-refractivity contribution in [3.63, 3.8) is 0 Å². The maximum atomic E-state index is 9.17. The molecule has 0 fully saturated rings. The number of aromatic nitrogens is 2. The molecule has 0 aromatic carbocycles. The summed E-state index contributed by atoms with van der Waals surface area (Å²) in [7, 11) is 0. The van der Waals surface area contributed by atoms with Crippen molar-refractivity contribution in [2.75, 3.05) is 13.2 Å². The molecule has 4 heteroatoms. The number of imidazole rings is 1. The fourth-order valence-corrected chi connectivity index (χ4v) is 1.84. The maximum Gasteiger partial charge on any atom is 0.108 e. The molecule has 16 heavy (non-hydrogen) atoms. The van der Waals surface area contributed by atoms with Gasteiger partial charge in [0.2, 0.25) is 0 Å². The van der Waals surface area contributed by atoms with Crippen LogP contribution in [0.2, 0.25) is 0 Å². The Morgan fingerprint density at radius 3 is 2.94 bits per heavy atom. The predicted molar refractivity (Wildman–Crippen MR) is 65.4 cm³/mol. The van der Waals surface area contributed by atoms with Crippen LogP contribution >= 0.6 is 0 Å². The van der Waals surface area contributed by atoms with Crippen molar-refractivity contribution in [3.05, 3.63) is 18.2 Å². The van der Waals surface area contributed by atoms with Gasteiger partial charge >= 0.3 is 0 Å². The quantitative estimate of drug-likeness (QED) is 0.699. The second-order valence-electron chi connectivity index (χ2n) is 4.01. The molecule has 2 N–H and O–H groups in total. The molecule has 0 spiro atoms. The van der Waals surface area contributed by atoms with Crippen LogP contribution in [-0.4, -0.2) is 33.9 Å². The van der Waals surface area contributed by atoms with Gasteiger partial charge in [-0.2, -0.15) is 0 Å². The fourth-order valence-electron chi connectivity index (χ4n) is 1.84. The standard InChI is InChI=1S/C12H23N3O/c1-3-5-12-14-7-9-15(12)8-6-11(10-16)13-4-2/h7,9,11,13,16H,3-6,8,10H2,1-2H3. The summed E-state index contributed by atoms with van der Waals surface area (Å²) < 4.78 is 2.18. The van der Waals surface area contributed by atoms with E-state index in [1.54, 1.807) is 0 Å². The molecule has 1 unspecified atom stereocenters. The third kappa shape index (κ3) is 3.94. The van der Waals surface area contributed by atoms with Gasteiger partial charge in [-0.3, -0.25) is 0 Å². The lowest BCUT2D eigenvalue weighted by molar-refractivity contribution is 0.233. The summed E-state index contributed by atoms with van der Waals surface area (Å²) in [5, 5.41) is 12.4. The Morgan fingerprint density at radius 2 is 2.31 bits per heavy atom.